The lowest BCUT2D eigenvalue weighted by Crippen LogP contribution is -2.14. The molecular weight excluding hydrogens is 295 g/mol. The van der Waals surface area contributed by atoms with Crippen molar-refractivity contribution < 1.29 is 13.9 Å². The number of ketones is 1. The Bertz CT molecular complexity index is 656. The van der Waals surface area contributed by atoms with Gasteiger partial charge in [0, 0.05) is 17.5 Å². The van der Waals surface area contributed by atoms with Crippen molar-refractivity contribution in [3.8, 4) is 5.88 Å². The van der Waals surface area contributed by atoms with Crippen molar-refractivity contribution in [3.05, 3.63) is 53.2 Å². The SMILES string of the molecule is CC(C)c1cc(OCC(=O)c2ccc(F)cc2)nc(C(C)C)n1. The molecule has 0 bridgehead atoms. The summed E-state index contributed by atoms with van der Waals surface area (Å²) >= 11 is 0. The summed E-state index contributed by atoms with van der Waals surface area (Å²) in [5, 5.41) is 0. The van der Waals surface area contributed by atoms with Crippen LogP contribution in [0.2, 0.25) is 0 Å². The molecule has 0 unspecified atom stereocenters. The summed E-state index contributed by atoms with van der Waals surface area (Å²) in [5.74, 6) is 0.903. The van der Waals surface area contributed by atoms with E-state index >= 15 is 0 Å². The second kappa shape index (κ2) is 7.31. The third kappa shape index (κ3) is 4.58. The molecule has 0 spiro atoms. The minimum Gasteiger partial charge on any atom is -0.469 e. The molecular formula is C18H21FN2O2. The zero-order valence-electron chi connectivity index (χ0n) is 13.8. The second-order valence-corrected chi connectivity index (χ2v) is 6.02. The Hall–Kier alpha value is -2.30. The molecule has 0 N–H and O–H groups in total. The molecule has 0 aliphatic heterocycles. The van der Waals surface area contributed by atoms with E-state index in [-0.39, 0.29) is 30.0 Å². The summed E-state index contributed by atoms with van der Waals surface area (Å²) < 4.78 is 18.4. The number of benzene rings is 1. The number of carbonyl (C=O) groups is 1. The molecule has 0 fully saturated rings. The summed E-state index contributed by atoms with van der Waals surface area (Å²) in [6, 6.07) is 7.16. The van der Waals surface area contributed by atoms with Crippen molar-refractivity contribution in [2.75, 3.05) is 6.61 Å². The van der Waals surface area contributed by atoms with Crippen LogP contribution in [0.25, 0.3) is 0 Å². The van der Waals surface area contributed by atoms with Crippen LogP contribution >= 0.6 is 0 Å². The van der Waals surface area contributed by atoms with Gasteiger partial charge in [-0.15, -0.1) is 0 Å². The fraction of sp³-hybridized carbons (Fsp3) is 0.389. The largest absolute Gasteiger partial charge is 0.469 e. The van der Waals surface area contributed by atoms with Crippen LogP contribution in [-0.4, -0.2) is 22.4 Å². The van der Waals surface area contributed by atoms with E-state index in [9.17, 15) is 9.18 Å². The van der Waals surface area contributed by atoms with Gasteiger partial charge >= 0.3 is 0 Å². The predicted octanol–water partition coefficient (Wildman–Crippen LogP) is 4.12. The van der Waals surface area contributed by atoms with Crippen LogP contribution < -0.4 is 4.74 Å². The third-order valence-electron chi connectivity index (χ3n) is 3.37. The Morgan fingerprint density at radius 3 is 2.30 bits per heavy atom. The van der Waals surface area contributed by atoms with Gasteiger partial charge in [-0.1, -0.05) is 27.7 Å². The number of Topliss-reactive ketones (excluding diaryl/α,β-unsaturated/α-hetero) is 1. The summed E-state index contributed by atoms with van der Waals surface area (Å²) in [4.78, 5) is 20.9. The third-order valence-corrected chi connectivity index (χ3v) is 3.37. The summed E-state index contributed by atoms with van der Waals surface area (Å²) in [7, 11) is 0. The number of rotatable bonds is 6. The Labute approximate surface area is 135 Å². The minimum atomic E-state index is -0.374. The molecule has 2 aromatic rings. The van der Waals surface area contributed by atoms with Crippen LogP contribution in [0.3, 0.4) is 0 Å². The van der Waals surface area contributed by atoms with Gasteiger partial charge < -0.3 is 4.74 Å². The lowest BCUT2D eigenvalue weighted by Gasteiger charge is -2.12. The van der Waals surface area contributed by atoms with Gasteiger partial charge in [0.25, 0.3) is 0 Å². The standard InChI is InChI=1S/C18H21FN2O2/c1-11(2)15-9-17(21-18(20-15)12(3)4)23-10-16(22)13-5-7-14(19)8-6-13/h5-9,11-12H,10H2,1-4H3. The molecule has 4 nitrogen and oxygen atoms in total. The number of carbonyl (C=O) groups excluding carboxylic acids is 1. The van der Waals surface area contributed by atoms with Gasteiger partial charge in [0.05, 0.1) is 5.69 Å². The van der Waals surface area contributed by atoms with Gasteiger partial charge in [-0.3, -0.25) is 4.79 Å². The predicted molar refractivity (Wildman–Crippen MR) is 86.4 cm³/mol. The van der Waals surface area contributed by atoms with Gasteiger partial charge in [-0.25, -0.2) is 9.37 Å². The number of aromatic nitrogens is 2. The van der Waals surface area contributed by atoms with Crippen molar-refractivity contribution in [2.45, 2.75) is 39.5 Å². The first-order valence-corrected chi connectivity index (χ1v) is 7.67. The Balaban J connectivity index is 2.13. The first kappa shape index (κ1) is 17.1. The lowest BCUT2D eigenvalue weighted by molar-refractivity contribution is 0.0917. The smallest absolute Gasteiger partial charge is 0.217 e. The molecule has 0 aliphatic carbocycles. The van der Waals surface area contributed by atoms with Crippen LogP contribution in [0.4, 0.5) is 4.39 Å². The van der Waals surface area contributed by atoms with Gasteiger partial charge in [0.2, 0.25) is 5.88 Å². The van der Waals surface area contributed by atoms with E-state index in [0.717, 1.165) is 5.69 Å². The monoisotopic (exact) mass is 316 g/mol. The van der Waals surface area contributed by atoms with Crippen LogP contribution in [0.15, 0.2) is 30.3 Å². The Morgan fingerprint density at radius 2 is 1.74 bits per heavy atom. The van der Waals surface area contributed by atoms with E-state index < -0.39 is 0 Å². The molecule has 23 heavy (non-hydrogen) atoms. The first-order valence-electron chi connectivity index (χ1n) is 7.67. The molecule has 1 aromatic heterocycles. The number of hydrogen-bond donors (Lipinski definition) is 0. The quantitative estimate of drug-likeness (QED) is 0.752. The highest BCUT2D eigenvalue weighted by Gasteiger charge is 2.13. The maximum atomic E-state index is 12.9. The van der Waals surface area contributed by atoms with Crippen LogP contribution in [0.5, 0.6) is 5.88 Å². The molecule has 2 rings (SSSR count). The summed E-state index contributed by atoms with van der Waals surface area (Å²) in [6.45, 7) is 7.96. The zero-order chi connectivity index (χ0) is 17.0. The van der Waals surface area contributed by atoms with Crippen molar-refractivity contribution in [2.24, 2.45) is 0 Å². The van der Waals surface area contributed by atoms with E-state index in [4.69, 9.17) is 4.74 Å². The molecule has 1 heterocycles. The van der Waals surface area contributed by atoms with E-state index in [0.29, 0.717) is 17.3 Å². The van der Waals surface area contributed by atoms with Crippen molar-refractivity contribution in [1.29, 1.82) is 0 Å². The van der Waals surface area contributed by atoms with Gasteiger partial charge in [-0.05, 0) is 30.2 Å². The van der Waals surface area contributed by atoms with Gasteiger partial charge in [0.15, 0.2) is 12.4 Å². The van der Waals surface area contributed by atoms with Crippen LogP contribution in [0, 0.1) is 5.82 Å². The average Bonchev–Trinajstić information content (AvgIpc) is 2.52. The fourth-order valence-electron chi connectivity index (χ4n) is 1.95. The van der Waals surface area contributed by atoms with Crippen LogP contribution in [-0.2, 0) is 0 Å². The summed E-state index contributed by atoms with van der Waals surface area (Å²) in [5.41, 5.74) is 1.29. The molecule has 0 saturated carbocycles. The Morgan fingerprint density at radius 1 is 1.09 bits per heavy atom. The molecule has 122 valence electrons. The number of halogens is 1. The van der Waals surface area contributed by atoms with Crippen molar-refractivity contribution in [3.63, 3.8) is 0 Å². The number of nitrogens with zero attached hydrogens (tertiary/aromatic N) is 2. The number of hydrogen-bond acceptors (Lipinski definition) is 4. The number of ether oxygens (including phenoxy) is 1. The topological polar surface area (TPSA) is 52.1 Å². The molecule has 0 amide bonds. The highest BCUT2D eigenvalue weighted by molar-refractivity contribution is 5.97. The minimum absolute atomic E-state index is 0.141. The molecule has 0 atom stereocenters. The maximum absolute atomic E-state index is 12.9. The van der Waals surface area contributed by atoms with Crippen molar-refractivity contribution >= 4 is 5.78 Å². The Kier molecular flexibility index (Phi) is 5.42. The molecule has 1 aromatic carbocycles. The van der Waals surface area contributed by atoms with Gasteiger partial charge in [0.1, 0.15) is 11.6 Å². The molecule has 0 aliphatic rings. The average molecular weight is 316 g/mol. The van der Waals surface area contributed by atoms with Crippen molar-refractivity contribution in [1.82, 2.24) is 9.97 Å². The van der Waals surface area contributed by atoms with E-state index in [1.807, 2.05) is 27.7 Å². The second-order valence-electron chi connectivity index (χ2n) is 6.02. The fourth-order valence-corrected chi connectivity index (χ4v) is 1.95. The first-order chi connectivity index (χ1) is 10.9. The van der Waals surface area contributed by atoms with E-state index in [2.05, 4.69) is 9.97 Å². The molecule has 5 heteroatoms. The highest BCUT2D eigenvalue weighted by atomic mass is 19.1. The lowest BCUT2D eigenvalue weighted by atomic mass is 10.1. The van der Waals surface area contributed by atoms with E-state index in [1.165, 1.54) is 24.3 Å². The molecule has 0 radical (unpaired) electrons. The van der Waals surface area contributed by atoms with E-state index in [1.54, 1.807) is 6.07 Å². The normalized spacial score (nSPS) is 11.1. The maximum Gasteiger partial charge on any atom is 0.217 e. The highest BCUT2D eigenvalue weighted by Crippen LogP contribution is 2.20. The summed E-state index contributed by atoms with van der Waals surface area (Å²) in [6.07, 6.45) is 0. The van der Waals surface area contributed by atoms with Crippen LogP contribution in [0.1, 0.15) is 61.4 Å². The van der Waals surface area contributed by atoms with Gasteiger partial charge in [-0.2, -0.15) is 4.98 Å². The zero-order valence-corrected chi connectivity index (χ0v) is 13.8. The molecule has 0 saturated heterocycles.